The summed E-state index contributed by atoms with van der Waals surface area (Å²) >= 11 is 0. The van der Waals surface area contributed by atoms with Crippen LogP contribution in [0, 0.1) is 0 Å². The van der Waals surface area contributed by atoms with Crippen molar-refractivity contribution in [3.63, 3.8) is 0 Å². The van der Waals surface area contributed by atoms with Gasteiger partial charge in [-0.15, -0.1) is 0 Å². The number of rotatable bonds is 9. The number of carbonyl (C=O) groups is 1. The average Bonchev–Trinajstić information content (AvgIpc) is 3.09. The van der Waals surface area contributed by atoms with E-state index in [1.54, 1.807) is 18.1 Å². The zero-order valence-electron chi connectivity index (χ0n) is 13.5. The van der Waals surface area contributed by atoms with E-state index in [-0.39, 0.29) is 6.03 Å². The van der Waals surface area contributed by atoms with Crippen molar-refractivity contribution in [2.45, 2.75) is 19.4 Å². The van der Waals surface area contributed by atoms with Crippen molar-refractivity contribution in [3.8, 4) is 5.75 Å². The number of nitrogens with one attached hydrogen (secondary N) is 1. The molecule has 1 aromatic carbocycles. The highest BCUT2D eigenvalue weighted by Crippen LogP contribution is 2.08. The van der Waals surface area contributed by atoms with Crippen LogP contribution in [0.15, 0.2) is 48.8 Å². The Morgan fingerprint density at radius 2 is 2.09 bits per heavy atom. The zero-order valence-corrected chi connectivity index (χ0v) is 13.5. The summed E-state index contributed by atoms with van der Waals surface area (Å²) in [5, 5.41) is 7.03. The van der Waals surface area contributed by atoms with Crippen LogP contribution in [0.3, 0.4) is 0 Å². The van der Waals surface area contributed by atoms with Crippen LogP contribution in [0.2, 0.25) is 0 Å². The molecule has 2 rings (SSSR count). The summed E-state index contributed by atoms with van der Waals surface area (Å²) in [6.45, 7) is 2.71. The lowest BCUT2D eigenvalue weighted by Gasteiger charge is -2.18. The van der Waals surface area contributed by atoms with E-state index in [0.29, 0.717) is 19.7 Å². The second kappa shape index (κ2) is 9.50. The van der Waals surface area contributed by atoms with E-state index in [0.717, 1.165) is 25.1 Å². The fraction of sp³-hybridized carbons (Fsp3) is 0.412. The van der Waals surface area contributed by atoms with Gasteiger partial charge in [-0.05, 0) is 31.0 Å². The molecule has 0 saturated carbocycles. The predicted molar refractivity (Wildman–Crippen MR) is 89.4 cm³/mol. The molecule has 0 aliphatic carbocycles. The molecule has 2 aromatic rings. The number of hydrogen-bond acceptors (Lipinski definition) is 3. The van der Waals surface area contributed by atoms with Gasteiger partial charge in [-0.1, -0.05) is 18.2 Å². The highest BCUT2D eigenvalue weighted by atomic mass is 16.5. The van der Waals surface area contributed by atoms with Crippen molar-refractivity contribution in [1.29, 1.82) is 0 Å². The van der Waals surface area contributed by atoms with E-state index in [1.165, 1.54) is 0 Å². The standard InChI is InChI=1S/C17H24N4O2/c1-20(12-7-15-23-16-8-3-2-4-9-16)17(22)18-10-5-13-21-14-6-11-19-21/h2-4,6,8-9,11,14H,5,7,10,12-13,15H2,1H3,(H,18,22). The first-order valence-corrected chi connectivity index (χ1v) is 7.90. The largest absolute Gasteiger partial charge is 0.494 e. The number of nitrogens with zero attached hydrogens (tertiary/aromatic N) is 3. The summed E-state index contributed by atoms with van der Waals surface area (Å²) in [4.78, 5) is 13.6. The topological polar surface area (TPSA) is 59.4 Å². The van der Waals surface area contributed by atoms with Crippen molar-refractivity contribution < 1.29 is 9.53 Å². The van der Waals surface area contributed by atoms with Crippen LogP contribution in [-0.2, 0) is 6.54 Å². The van der Waals surface area contributed by atoms with Crippen LogP contribution in [0.1, 0.15) is 12.8 Å². The van der Waals surface area contributed by atoms with Gasteiger partial charge < -0.3 is 15.0 Å². The van der Waals surface area contributed by atoms with Crippen LogP contribution >= 0.6 is 0 Å². The van der Waals surface area contributed by atoms with Gasteiger partial charge in [-0.25, -0.2) is 4.79 Å². The maximum absolute atomic E-state index is 11.9. The molecule has 0 unspecified atom stereocenters. The zero-order chi connectivity index (χ0) is 16.3. The van der Waals surface area contributed by atoms with Gasteiger partial charge in [-0.3, -0.25) is 4.68 Å². The molecule has 2 amide bonds. The summed E-state index contributed by atoms with van der Waals surface area (Å²) in [6, 6.07) is 11.5. The van der Waals surface area contributed by atoms with Crippen molar-refractivity contribution >= 4 is 6.03 Å². The van der Waals surface area contributed by atoms with E-state index in [2.05, 4.69) is 10.4 Å². The number of carbonyl (C=O) groups excluding carboxylic acids is 1. The Kier molecular flexibility index (Phi) is 6.97. The molecule has 23 heavy (non-hydrogen) atoms. The SMILES string of the molecule is CN(CCCOc1ccccc1)C(=O)NCCCn1cccn1. The summed E-state index contributed by atoms with van der Waals surface area (Å²) < 4.78 is 7.47. The van der Waals surface area contributed by atoms with Gasteiger partial charge in [0.1, 0.15) is 5.75 Å². The molecular formula is C17H24N4O2. The monoisotopic (exact) mass is 316 g/mol. The number of hydrogen-bond donors (Lipinski definition) is 1. The van der Waals surface area contributed by atoms with Gasteiger partial charge in [0.05, 0.1) is 6.61 Å². The lowest BCUT2D eigenvalue weighted by molar-refractivity contribution is 0.203. The molecule has 6 heteroatoms. The molecule has 1 N–H and O–H groups in total. The fourth-order valence-corrected chi connectivity index (χ4v) is 2.11. The van der Waals surface area contributed by atoms with Gasteiger partial charge >= 0.3 is 6.03 Å². The molecule has 1 heterocycles. The normalized spacial score (nSPS) is 10.3. The second-order valence-electron chi connectivity index (χ2n) is 5.29. The smallest absolute Gasteiger partial charge is 0.317 e. The third kappa shape index (κ3) is 6.42. The van der Waals surface area contributed by atoms with Gasteiger partial charge in [0.15, 0.2) is 0 Å². The molecule has 0 fully saturated rings. The van der Waals surface area contributed by atoms with E-state index < -0.39 is 0 Å². The molecule has 124 valence electrons. The van der Waals surface area contributed by atoms with E-state index in [1.807, 2.05) is 47.3 Å². The average molecular weight is 316 g/mol. The number of aryl methyl sites for hydroxylation is 1. The fourth-order valence-electron chi connectivity index (χ4n) is 2.11. The third-order valence-corrected chi connectivity index (χ3v) is 3.40. The molecule has 0 spiro atoms. The predicted octanol–water partition coefficient (Wildman–Crippen LogP) is 2.38. The minimum Gasteiger partial charge on any atom is -0.494 e. The molecule has 6 nitrogen and oxygen atoms in total. The van der Waals surface area contributed by atoms with E-state index in [4.69, 9.17) is 4.74 Å². The van der Waals surface area contributed by atoms with Crippen LogP contribution in [0.25, 0.3) is 0 Å². The highest BCUT2D eigenvalue weighted by Gasteiger charge is 2.07. The Hall–Kier alpha value is -2.50. The first-order chi connectivity index (χ1) is 11.3. The van der Waals surface area contributed by atoms with Gasteiger partial charge in [0.25, 0.3) is 0 Å². The number of benzene rings is 1. The van der Waals surface area contributed by atoms with Crippen molar-refractivity contribution in [1.82, 2.24) is 20.0 Å². The Morgan fingerprint density at radius 1 is 1.26 bits per heavy atom. The maximum Gasteiger partial charge on any atom is 0.317 e. The number of aromatic nitrogens is 2. The molecule has 0 aliphatic heterocycles. The van der Waals surface area contributed by atoms with Crippen LogP contribution in [0.5, 0.6) is 5.75 Å². The molecule has 0 saturated heterocycles. The minimum absolute atomic E-state index is 0.0508. The van der Waals surface area contributed by atoms with Gasteiger partial charge in [0.2, 0.25) is 0 Å². The summed E-state index contributed by atoms with van der Waals surface area (Å²) in [6.07, 6.45) is 5.33. The molecular weight excluding hydrogens is 292 g/mol. The number of ether oxygens (including phenoxy) is 1. The number of amides is 2. The Morgan fingerprint density at radius 3 is 2.83 bits per heavy atom. The van der Waals surface area contributed by atoms with E-state index >= 15 is 0 Å². The van der Waals surface area contributed by atoms with E-state index in [9.17, 15) is 4.79 Å². The number of para-hydroxylation sites is 1. The highest BCUT2D eigenvalue weighted by molar-refractivity contribution is 5.73. The quantitative estimate of drug-likeness (QED) is 0.723. The Labute approximate surface area is 137 Å². The van der Waals surface area contributed by atoms with Gasteiger partial charge in [0, 0.05) is 39.1 Å². The number of urea groups is 1. The molecule has 0 radical (unpaired) electrons. The van der Waals surface area contributed by atoms with Crippen LogP contribution < -0.4 is 10.1 Å². The van der Waals surface area contributed by atoms with Crippen molar-refractivity contribution in [2.24, 2.45) is 0 Å². The lowest BCUT2D eigenvalue weighted by Crippen LogP contribution is -2.38. The lowest BCUT2D eigenvalue weighted by atomic mass is 10.3. The first-order valence-electron chi connectivity index (χ1n) is 7.90. The van der Waals surface area contributed by atoms with Crippen molar-refractivity contribution in [2.75, 3.05) is 26.7 Å². The molecule has 0 atom stereocenters. The van der Waals surface area contributed by atoms with Crippen molar-refractivity contribution in [3.05, 3.63) is 48.8 Å². The molecule has 0 aliphatic rings. The third-order valence-electron chi connectivity index (χ3n) is 3.40. The summed E-state index contributed by atoms with van der Waals surface area (Å²) in [5.74, 6) is 0.859. The Balaban J connectivity index is 1.52. The van der Waals surface area contributed by atoms with Crippen LogP contribution in [-0.4, -0.2) is 47.5 Å². The molecule has 1 aromatic heterocycles. The minimum atomic E-state index is -0.0508. The Bertz CT molecular complexity index is 557. The second-order valence-corrected chi connectivity index (χ2v) is 5.29. The first kappa shape index (κ1) is 16.9. The maximum atomic E-state index is 11.9. The van der Waals surface area contributed by atoms with Gasteiger partial charge in [-0.2, -0.15) is 5.10 Å². The van der Waals surface area contributed by atoms with Crippen LogP contribution in [0.4, 0.5) is 4.79 Å². The summed E-state index contributed by atoms with van der Waals surface area (Å²) in [5.41, 5.74) is 0. The summed E-state index contributed by atoms with van der Waals surface area (Å²) in [7, 11) is 1.80. The molecule has 0 bridgehead atoms.